The monoisotopic (exact) mass is 520 g/mol. The van der Waals surface area contributed by atoms with Gasteiger partial charge in [0.1, 0.15) is 11.5 Å². The number of hydrogen-bond acceptors (Lipinski definition) is 8. The summed E-state index contributed by atoms with van der Waals surface area (Å²) in [4.78, 5) is 26.4. The van der Waals surface area contributed by atoms with Gasteiger partial charge in [0.2, 0.25) is 5.91 Å². The minimum Gasteiger partial charge on any atom is -0.497 e. The Morgan fingerprint density at radius 3 is 2.49 bits per heavy atom. The summed E-state index contributed by atoms with van der Waals surface area (Å²) in [6, 6.07) is 7.90. The lowest BCUT2D eigenvalue weighted by Gasteiger charge is -2.33. The first-order valence-electron chi connectivity index (χ1n) is 11.8. The summed E-state index contributed by atoms with van der Waals surface area (Å²) < 4.78 is 47.1. The fraction of sp³-hybridized carbons (Fsp3) is 0.440. The molecule has 2 heterocycles. The largest absolute Gasteiger partial charge is 0.586 e. The highest BCUT2D eigenvalue weighted by Gasteiger charge is 2.53. The van der Waals surface area contributed by atoms with Crippen LogP contribution in [0, 0.1) is 0 Å². The molecule has 3 aliphatic rings. The molecule has 2 atom stereocenters. The maximum absolute atomic E-state index is 13.5. The van der Waals surface area contributed by atoms with Crippen LogP contribution in [0.15, 0.2) is 36.4 Å². The summed E-state index contributed by atoms with van der Waals surface area (Å²) in [6.07, 6.45) is -3.68. The molecule has 2 amide bonds. The number of methoxy groups -OCH3 is 1. The average molecular weight is 520 g/mol. The standard InChI is InChI=1S/C25H26F2N2O8/c1-34-15-3-4-16-17(10-21(35-19(16)9-15)22(32)28-14(11-30)12-31)29-23(33)24(6-7-24)13-2-5-18-20(8-13)37-25(26,27)36-18/h2-5,8-9,14,17,21,30-31H,6-7,10-12H2,1H3,(H,28,32)(H,29,33)/t17-,21-/m1/s1. The number of carbonyl (C=O) groups is 2. The number of aliphatic hydroxyl groups is 2. The summed E-state index contributed by atoms with van der Waals surface area (Å²) in [6.45, 7) is -0.910. The number of alkyl halides is 2. The number of ether oxygens (including phenoxy) is 4. The third-order valence-corrected chi connectivity index (χ3v) is 6.84. The van der Waals surface area contributed by atoms with Crippen molar-refractivity contribution in [2.24, 2.45) is 0 Å². The summed E-state index contributed by atoms with van der Waals surface area (Å²) in [5, 5.41) is 24.2. The third-order valence-electron chi connectivity index (χ3n) is 6.84. The molecule has 0 spiro atoms. The van der Waals surface area contributed by atoms with E-state index >= 15 is 0 Å². The maximum Gasteiger partial charge on any atom is 0.586 e. The number of benzene rings is 2. The number of hydrogen-bond donors (Lipinski definition) is 4. The zero-order chi connectivity index (χ0) is 26.4. The van der Waals surface area contributed by atoms with Crippen LogP contribution in [-0.4, -0.2) is 60.8 Å². The van der Waals surface area contributed by atoms with E-state index in [0.29, 0.717) is 35.5 Å². The Balaban J connectivity index is 1.38. The molecule has 0 unspecified atom stereocenters. The second-order valence-electron chi connectivity index (χ2n) is 9.25. The van der Waals surface area contributed by atoms with Crippen LogP contribution in [0.1, 0.15) is 36.4 Å². The summed E-state index contributed by atoms with van der Waals surface area (Å²) in [7, 11) is 1.49. The van der Waals surface area contributed by atoms with E-state index in [9.17, 15) is 28.6 Å². The van der Waals surface area contributed by atoms with Gasteiger partial charge in [0.25, 0.3) is 5.91 Å². The molecule has 1 saturated carbocycles. The molecule has 0 radical (unpaired) electrons. The molecular weight excluding hydrogens is 494 g/mol. The van der Waals surface area contributed by atoms with Gasteiger partial charge in [-0.1, -0.05) is 6.07 Å². The van der Waals surface area contributed by atoms with Gasteiger partial charge in [0.15, 0.2) is 17.6 Å². The molecule has 0 bridgehead atoms. The number of halogens is 2. The van der Waals surface area contributed by atoms with E-state index in [-0.39, 0.29) is 23.8 Å². The fourth-order valence-electron chi connectivity index (χ4n) is 4.63. The van der Waals surface area contributed by atoms with Crippen LogP contribution in [0.4, 0.5) is 8.78 Å². The Bertz CT molecular complexity index is 1220. The van der Waals surface area contributed by atoms with Gasteiger partial charge in [-0.25, -0.2) is 0 Å². The second-order valence-corrected chi connectivity index (χ2v) is 9.25. The normalized spacial score (nSPS) is 22.0. The van der Waals surface area contributed by atoms with Crippen molar-refractivity contribution in [2.45, 2.75) is 49.2 Å². The van der Waals surface area contributed by atoms with Gasteiger partial charge < -0.3 is 39.8 Å². The van der Waals surface area contributed by atoms with Gasteiger partial charge in [-0.05, 0) is 42.7 Å². The van der Waals surface area contributed by atoms with E-state index in [4.69, 9.17) is 9.47 Å². The Morgan fingerprint density at radius 1 is 1.08 bits per heavy atom. The van der Waals surface area contributed by atoms with E-state index in [2.05, 4.69) is 20.1 Å². The third kappa shape index (κ3) is 4.74. The van der Waals surface area contributed by atoms with Crippen LogP contribution in [0.3, 0.4) is 0 Å². The summed E-state index contributed by atoms with van der Waals surface area (Å²) >= 11 is 0. The second kappa shape index (κ2) is 9.34. The lowest BCUT2D eigenvalue weighted by atomic mass is 9.91. The van der Waals surface area contributed by atoms with Crippen molar-refractivity contribution in [3.05, 3.63) is 47.5 Å². The van der Waals surface area contributed by atoms with Crippen molar-refractivity contribution >= 4 is 11.8 Å². The number of nitrogens with one attached hydrogen (secondary N) is 2. The van der Waals surface area contributed by atoms with Crippen molar-refractivity contribution in [2.75, 3.05) is 20.3 Å². The predicted molar refractivity (Wildman–Crippen MR) is 123 cm³/mol. The minimum absolute atomic E-state index is 0.0872. The van der Waals surface area contributed by atoms with Gasteiger partial charge in [0, 0.05) is 18.1 Å². The van der Waals surface area contributed by atoms with Crippen LogP contribution in [0.25, 0.3) is 0 Å². The van der Waals surface area contributed by atoms with Crippen LogP contribution < -0.4 is 29.6 Å². The first-order chi connectivity index (χ1) is 17.7. The van der Waals surface area contributed by atoms with Crippen molar-refractivity contribution in [1.29, 1.82) is 0 Å². The molecule has 0 saturated heterocycles. The van der Waals surface area contributed by atoms with Gasteiger partial charge in [-0.2, -0.15) is 0 Å². The highest BCUT2D eigenvalue weighted by atomic mass is 19.3. The number of carbonyl (C=O) groups excluding carboxylic acids is 2. The highest BCUT2D eigenvalue weighted by molar-refractivity contribution is 5.92. The van der Waals surface area contributed by atoms with E-state index in [1.165, 1.54) is 19.2 Å². The lowest BCUT2D eigenvalue weighted by molar-refractivity contribution is -0.286. The minimum atomic E-state index is -3.76. The molecule has 37 heavy (non-hydrogen) atoms. The van der Waals surface area contributed by atoms with Crippen molar-refractivity contribution in [1.82, 2.24) is 10.6 Å². The summed E-state index contributed by atoms with van der Waals surface area (Å²) in [5.74, 6) is -0.285. The maximum atomic E-state index is 13.5. The van der Waals surface area contributed by atoms with E-state index in [1.807, 2.05) is 0 Å². The van der Waals surface area contributed by atoms with E-state index in [1.54, 1.807) is 24.3 Å². The van der Waals surface area contributed by atoms with E-state index < -0.39 is 49.0 Å². The van der Waals surface area contributed by atoms with Crippen LogP contribution >= 0.6 is 0 Å². The Morgan fingerprint density at radius 2 is 1.81 bits per heavy atom. The zero-order valence-electron chi connectivity index (χ0n) is 19.8. The van der Waals surface area contributed by atoms with Gasteiger partial charge in [-0.15, -0.1) is 8.78 Å². The Kier molecular flexibility index (Phi) is 6.32. The number of aliphatic hydroxyl groups excluding tert-OH is 2. The molecule has 1 fully saturated rings. The zero-order valence-corrected chi connectivity index (χ0v) is 19.8. The Labute approximate surface area is 210 Å². The molecule has 2 aliphatic heterocycles. The van der Waals surface area contributed by atoms with Gasteiger partial charge >= 0.3 is 6.29 Å². The molecule has 5 rings (SSSR count). The molecule has 0 aromatic heterocycles. The van der Waals surface area contributed by atoms with Crippen LogP contribution in [0.5, 0.6) is 23.0 Å². The quantitative estimate of drug-likeness (QED) is 0.412. The molecule has 2 aromatic rings. The first-order valence-corrected chi connectivity index (χ1v) is 11.8. The van der Waals surface area contributed by atoms with Crippen LogP contribution in [0.2, 0.25) is 0 Å². The number of amides is 2. The van der Waals surface area contributed by atoms with Gasteiger partial charge in [-0.3, -0.25) is 9.59 Å². The fourth-order valence-corrected chi connectivity index (χ4v) is 4.63. The smallest absolute Gasteiger partial charge is 0.497 e. The number of rotatable bonds is 8. The van der Waals surface area contributed by atoms with Crippen LogP contribution in [-0.2, 0) is 15.0 Å². The molecule has 198 valence electrons. The van der Waals surface area contributed by atoms with Crippen molar-refractivity contribution in [3.8, 4) is 23.0 Å². The SMILES string of the molecule is COc1ccc2c(c1)O[C@@H](C(=O)NC(CO)CO)C[C@H]2NC(=O)C1(c2ccc3c(c2)OC(F)(F)O3)CC1. The van der Waals surface area contributed by atoms with E-state index in [0.717, 1.165) is 0 Å². The summed E-state index contributed by atoms with van der Waals surface area (Å²) in [5.41, 5.74) is 0.230. The predicted octanol–water partition coefficient (Wildman–Crippen LogP) is 1.53. The van der Waals surface area contributed by atoms with Crippen molar-refractivity contribution in [3.63, 3.8) is 0 Å². The molecule has 4 N–H and O–H groups in total. The molecule has 2 aromatic carbocycles. The average Bonchev–Trinajstić information content (AvgIpc) is 3.63. The lowest BCUT2D eigenvalue weighted by Crippen LogP contribution is -2.50. The van der Waals surface area contributed by atoms with Gasteiger partial charge in [0.05, 0.1) is 37.8 Å². The Hall–Kier alpha value is -3.64. The van der Waals surface area contributed by atoms with Crippen molar-refractivity contribution < 1.29 is 47.5 Å². The molecular formula is C25H26F2N2O8. The molecule has 12 heteroatoms. The molecule has 1 aliphatic carbocycles. The topological polar surface area (TPSA) is 136 Å². The molecule has 10 nitrogen and oxygen atoms in total. The first kappa shape index (κ1) is 25.0. The highest BCUT2D eigenvalue weighted by Crippen LogP contribution is 2.52. The number of fused-ring (bicyclic) bond motifs is 2.